The van der Waals surface area contributed by atoms with Gasteiger partial charge in [-0.3, -0.25) is 9.59 Å². The van der Waals surface area contributed by atoms with Crippen molar-refractivity contribution in [3.8, 4) is 0 Å². The molecule has 0 atom stereocenters. The zero-order valence-electron chi connectivity index (χ0n) is 15.1. The van der Waals surface area contributed by atoms with E-state index in [1.807, 2.05) is 9.80 Å². The molecule has 2 N–H and O–H groups in total. The number of carbonyl (C=O) groups is 2. The summed E-state index contributed by atoms with van der Waals surface area (Å²) in [7, 11) is 0. The Balaban J connectivity index is 1.50. The van der Waals surface area contributed by atoms with Gasteiger partial charge in [-0.25, -0.2) is 0 Å². The fourth-order valence-electron chi connectivity index (χ4n) is 4.53. The second-order valence-corrected chi connectivity index (χ2v) is 8.29. The van der Waals surface area contributed by atoms with Crippen molar-refractivity contribution < 1.29 is 9.59 Å². The molecule has 3 aliphatic rings. The van der Waals surface area contributed by atoms with Crippen LogP contribution in [0.15, 0.2) is 0 Å². The third-order valence-corrected chi connectivity index (χ3v) is 6.40. The third-order valence-electron chi connectivity index (χ3n) is 6.40. The van der Waals surface area contributed by atoms with Gasteiger partial charge in [-0.15, -0.1) is 0 Å². The molecule has 1 aliphatic carbocycles. The van der Waals surface area contributed by atoms with Gasteiger partial charge < -0.3 is 15.5 Å². The third kappa shape index (κ3) is 3.76. The molecule has 2 heterocycles. The summed E-state index contributed by atoms with van der Waals surface area (Å²) in [5, 5.41) is 0. The summed E-state index contributed by atoms with van der Waals surface area (Å²) in [6.07, 6.45) is 8.79. The molecule has 2 aliphatic heterocycles. The minimum Gasteiger partial charge on any atom is -0.342 e. The number of carbonyl (C=O) groups excluding carboxylic acids is 2. The van der Waals surface area contributed by atoms with E-state index >= 15 is 0 Å². The zero-order valence-corrected chi connectivity index (χ0v) is 15.1. The molecule has 0 spiro atoms. The molecule has 24 heavy (non-hydrogen) atoms. The molecule has 0 bridgehead atoms. The van der Waals surface area contributed by atoms with Gasteiger partial charge in [0.25, 0.3) is 0 Å². The molecule has 0 aromatic heterocycles. The predicted octanol–water partition coefficient (Wildman–Crippen LogP) is 2.15. The molecule has 3 rings (SSSR count). The Morgan fingerprint density at radius 2 is 1.42 bits per heavy atom. The van der Waals surface area contributed by atoms with Gasteiger partial charge in [0.05, 0.1) is 5.54 Å². The monoisotopic (exact) mass is 335 g/mol. The van der Waals surface area contributed by atoms with Crippen molar-refractivity contribution in [3.05, 3.63) is 0 Å². The van der Waals surface area contributed by atoms with E-state index in [0.717, 1.165) is 70.4 Å². The van der Waals surface area contributed by atoms with Gasteiger partial charge in [-0.2, -0.15) is 0 Å². The molecule has 0 unspecified atom stereocenters. The van der Waals surface area contributed by atoms with E-state index in [-0.39, 0.29) is 11.8 Å². The lowest BCUT2D eigenvalue weighted by molar-refractivity contribution is -0.144. The van der Waals surface area contributed by atoms with Crippen molar-refractivity contribution in [1.29, 1.82) is 0 Å². The molecule has 5 heteroatoms. The first-order valence-electron chi connectivity index (χ1n) is 9.87. The molecule has 1 saturated carbocycles. The lowest BCUT2D eigenvalue weighted by Crippen LogP contribution is -2.58. The van der Waals surface area contributed by atoms with Crippen LogP contribution in [0.25, 0.3) is 0 Å². The highest BCUT2D eigenvalue weighted by molar-refractivity contribution is 5.86. The lowest BCUT2D eigenvalue weighted by atomic mass is 9.81. The predicted molar refractivity (Wildman–Crippen MR) is 94.3 cm³/mol. The summed E-state index contributed by atoms with van der Waals surface area (Å²) in [5.74, 6) is 1.28. The number of nitrogens with two attached hydrogens (primary N) is 1. The molecular weight excluding hydrogens is 302 g/mol. The average Bonchev–Trinajstić information content (AvgIpc) is 2.62. The molecule has 0 aromatic carbocycles. The Kier molecular flexibility index (Phi) is 5.48. The number of nitrogens with zero attached hydrogens (tertiary/aromatic N) is 2. The van der Waals surface area contributed by atoms with Crippen molar-refractivity contribution >= 4 is 11.8 Å². The van der Waals surface area contributed by atoms with E-state index in [2.05, 4.69) is 6.92 Å². The van der Waals surface area contributed by atoms with Crippen LogP contribution < -0.4 is 5.73 Å². The van der Waals surface area contributed by atoms with Crippen molar-refractivity contribution in [3.63, 3.8) is 0 Å². The van der Waals surface area contributed by atoms with Crippen molar-refractivity contribution in [1.82, 2.24) is 9.80 Å². The molecular formula is C19H33N3O2. The van der Waals surface area contributed by atoms with Crippen LogP contribution >= 0.6 is 0 Å². The number of amides is 2. The fourth-order valence-corrected chi connectivity index (χ4v) is 4.53. The van der Waals surface area contributed by atoms with Crippen LogP contribution in [0.4, 0.5) is 0 Å². The smallest absolute Gasteiger partial charge is 0.242 e. The summed E-state index contributed by atoms with van der Waals surface area (Å²) in [5.41, 5.74) is 5.75. The minimum atomic E-state index is -0.641. The number of hydrogen-bond acceptors (Lipinski definition) is 3. The summed E-state index contributed by atoms with van der Waals surface area (Å²) in [6.45, 7) is 5.47. The highest BCUT2D eigenvalue weighted by Crippen LogP contribution is 2.30. The first-order chi connectivity index (χ1) is 11.5. The molecule has 0 radical (unpaired) electrons. The highest BCUT2D eigenvalue weighted by Gasteiger charge is 2.40. The van der Waals surface area contributed by atoms with E-state index in [1.165, 1.54) is 6.42 Å². The maximum absolute atomic E-state index is 12.8. The number of likely N-dealkylation sites (tertiary alicyclic amines) is 2. The summed E-state index contributed by atoms with van der Waals surface area (Å²) in [4.78, 5) is 29.5. The van der Waals surface area contributed by atoms with Crippen LogP contribution in [0.1, 0.15) is 64.7 Å². The van der Waals surface area contributed by atoms with Gasteiger partial charge in [-0.1, -0.05) is 26.2 Å². The molecule has 3 fully saturated rings. The first kappa shape index (κ1) is 17.7. The minimum absolute atomic E-state index is 0.0996. The average molecular weight is 335 g/mol. The Bertz CT molecular complexity index is 457. The van der Waals surface area contributed by atoms with Crippen molar-refractivity contribution in [2.75, 3.05) is 26.2 Å². The number of piperidine rings is 2. The van der Waals surface area contributed by atoms with Gasteiger partial charge in [-0.05, 0) is 44.4 Å². The van der Waals surface area contributed by atoms with E-state index in [0.29, 0.717) is 19.0 Å². The SMILES string of the molecule is CC1CCN(C(=O)C2CCN(C(=O)C3(N)CCCCC3)CC2)CC1. The van der Waals surface area contributed by atoms with E-state index in [4.69, 9.17) is 5.73 Å². The Labute approximate surface area is 145 Å². The topological polar surface area (TPSA) is 66.6 Å². The standard InChI is InChI=1S/C19H33N3O2/c1-15-5-11-21(12-6-15)17(23)16-7-13-22(14-8-16)18(24)19(20)9-3-2-4-10-19/h15-16H,2-14,20H2,1H3. The Hall–Kier alpha value is -1.10. The second-order valence-electron chi connectivity index (χ2n) is 8.29. The largest absolute Gasteiger partial charge is 0.342 e. The van der Waals surface area contributed by atoms with Crippen LogP contribution in [0.3, 0.4) is 0 Å². The van der Waals surface area contributed by atoms with E-state index < -0.39 is 5.54 Å². The van der Waals surface area contributed by atoms with E-state index in [9.17, 15) is 9.59 Å². The maximum atomic E-state index is 12.8. The van der Waals surface area contributed by atoms with Gasteiger partial charge in [0.2, 0.25) is 11.8 Å². The molecule has 2 amide bonds. The summed E-state index contributed by atoms with van der Waals surface area (Å²) < 4.78 is 0. The normalized spacial score (nSPS) is 26.4. The zero-order chi connectivity index (χ0) is 17.2. The van der Waals surface area contributed by atoms with Crippen LogP contribution in [0, 0.1) is 11.8 Å². The summed E-state index contributed by atoms with van der Waals surface area (Å²) in [6, 6.07) is 0. The Morgan fingerprint density at radius 1 is 0.875 bits per heavy atom. The maximum Gasteiger partial charge on any atom is 0.242 e. The quantitative estimate of drug-likeness (QED) is 0.841. The second kappa shape index (κ2) is 7.42. The van der Waals surface area contributed by atoms with Crippen LogP contribution in [-0.4, -0.2) is 53.3 Å². The van der Waals surface area contributed by atoms with Crippen LogP contribution in [0.2, 0.25) is 0 Å². The fraction of sp³-hybridized carbons (Fsp3) is 0.895. The molecule has 0 aromatic rings. The Morgan fingerprint density at radius 3 is 2.00 bits per heavy atom. The first-order valence-corrected chi connectivity index (χ1v) is 9.87. The van der Waals surface area contributed by atoms with Crippen LogP contribution in [-0.2, 0) is 9.59 Å². The number of hydrogen-bond donors (Lipinski definition) is 1. The van der Waals surface area contributed by atoms with Gasteiger partial charge in [0.1, 0.15) is 0 Å². The lowest BCUT2D eigenvalue weighted by Gasteiger charge is -2.41. The van der Waals surface area contributed by atoms with Gasteiger partial charge in [0, 0.05) is 32.1 Å². The van der Waals surface area contributed by atoms with E-state index in [1.54, 1.807) is 0 Å². The molecule has 136 valence electrons. The van der Waals surface area contributed by atoms with Gasteiger partial charge >= 0.3 is 0 Å². The van der Waals surface area contributed by atoms with Crippen molar-refractivity contribution in [2.45, 2.75) is 70.3 Å². The van der Waals surface area contributed by atoms with Crippen LogP contribution in [0.5, 0.6) is 0 Å². The molecule has 2 saturated heterocycles. The highest BCUT2D eigenvalue weighted by atomic mass is 16.2. The summed E-state index contributed by atoms with van der Waals surface area (Å²) >= 11 is 0. The number of rotatable bonds is 2. The van der Waals surface area contributed by atoms with Gasteiger partial charge in [0.15, 0.2) is 0 Å². The molecule has 5 nitrogen and oxygen atoms in total. The van der Waals surface area contributed by atoms with Crippen molar-refractivity contribution in [2.24, 2.45) is 17.6 Å².